The van der Waals surface area contributed by atoms with Crippen LogP contribution in [0.2, 0.25) is 0 Å². The van der Waals surface area contributed by atoms with Crippen molar-refractivity contribution < 1.29 is 4.92 Å². The quantitative estimate of drug-likeness (QED) is 0.411. The van der Waals surface area contributed by atoms with Crippen molar-refractivity contribution in [2.75, 3.05) is 0 Å². The molecule has 1 aromatic rings. The van der Waals surface area contributed by atoms with Gasteiger partial charge in [0.1, 0.15) is 5.10 Å². The van der Waals surface area contributed by atoms with Crippen molar-refractivity contribution in [2.45, 2.75) is 0 Å². The highest BCUT2D eigenvalue weighted by molar-refractivity contribution is 14.1. The predicted molar refractivity (Wildman–Crippen MR) is 40.4 cm³/mol. The van der Waals surface area contributed by atoms with Gasteiger partial charge in [-0.05, 0) is 27.5 Å². The highest BCUT2D eigenvalue weighted by Gasteiger charge is 2.18. The van der Waals surface area contributed by atoms with Crippen LogP contribution in [0.5, 0.6) is 0 Å². The lowest BCUT2D eigenvalue weighted by Crippen LogP contribution is -1.94. The van der Waals surface area contributed by atoms with E-state index in [1.165, 1.54) is 4.68 Å². The number of rotatable bonds is 1. The van der Waals surface area contributed by atoms with Crippen LogP contribution < -0.4 is 0 Å². The maximum absolute atomic E-state index is 10.1. The number of aryl methyl sites for hydroxylation is 1. The highest BCUT2D eigenvalue weighted by Crippen LogP contribution is 2.14. The lowest BCUT2D eigenvalue weighted by Gasteiger charge is -1.86. The minimum atomic E-state index is -0.561. The second-order valence-corrected chi connectivity index (χ2v) is 2.61. The first kappa shape index (κ1) is 7.38. The van der Waals surface area contributed by atoms with Crippen molar-refractivity contribution >= 4 is 28.4 Å². The van der Waals surface area contributed by atoms with E-state index in [0.29, 0.717) is 3.70 Å². The molecule has 54 valence electrons. The number of halogens is 1. The molecule has 0 fully saturated rings. The lowest BCUT2D eigenvalue weighted by molar-refractivity contribution is -0.390. The maximum Gasteiger partial charge on any atom is 0.424 e. The first-order chi connectivity index (χ1) is 4.63. The first-order valence-corrected chi connectivity index (χ1v) is 3.40. The SMILES string of the molecule is Cn1nnc([N+](=O)[O-])c1I. The molecule has 6 nitrogen and oxygen atoms in total. The molecular formula is C3H3IN4O2. The Morgan fingerprint density at radius 1 is 1.80 bits per heavy atom. The maximum atomic E-state index is 10.1. The van der Waals surface area contributed by atoms with Crippen molar-refractivity contribution in [3.8, 4) is 0 Å². The Morgan fingerprint density at radius 2 is 2.40 bits per heavy atom. The lowest BCUT2D eigenvalue weighted by atomic mass is 10.8. The largest absolute Gasteiger partial charge is 0.424 e. The normalized spacial score (nSPS) is 9.80. The van der Waals surface area contributed by atoms with Crippen LogP contribution in [0.4, 0.5) is 5.82 Å². The molecule has 0 atom stereocenters. The summed E-state index contributed by atoms with van der Waals surface area (Å²) < 4.78 is 1.78. The van der Waals surface area contributed by atoms with Crippen LogP contribution >= 0.6 is 22.6 Å². The van der Waals surface area contributed by atoms with Crippen molar-refractivity contribution in [3.63, 3.8) is 0 Å². The average Bonchev–Trinajstić information content (AvgIpc) is 2.14. The number of hydrogen-bond acceptors (Lipinski definition) is 4. The fourth-order valence-electron chi connectivity index (χ4n) is 0.447. The van der Waals surface area contributed by atoms with Gasteiger partial charge in [0.2, 0.25) is 3.70 Å². The topological polar surface area (TPSA) is 73.8 Å². The molecule has 0 unspecified atom stereocenters. The van der Waals surface area contributed by atoms with Crippen LogP contribution in [-0.2, 0) is 7.05 Å². The smallest absolute Gasteiger partial charge is 0.358 e. The summed E-state index contributed by atoms with van der Waals surface area (Å²) in [5, 5.41) is 16.9. The minimum Gasteiger partial charge on any atom is -0.358 e. The molecule has 0 aromatic carbocycles. The van der Waals surface area contributed by atoms with E-state index in [0.717, 1.165) is 0 Å². The van der Waals surface area contributed by atoms with E-state index >= 15 is 0 Å². The Bertz CT molecular complexity index is 269. The Balaban J connectivity index is 3.17. The van der Waals surface area contributed by atoms with E-state index in [-0.39, 0.29) is 5.82 Å². The summed E-state index contributed by atoms with van der Waals surface area (Å²) in [5.41, 5.74) is 0. The van der Waals surface area contributed by atoms with E-state index < -0.39 is 4.92 Å². The monoisotopic (exact) mass is 254 g/mol. The minimum absolute atomic E-state index is 0.192. The molecule has 10 heavy (non-hydrogen) atoms. The predicted octanol–water partition coefficient (Wildman–Crippen LogP) is 0.328. The Morgan fingerprint density at radius 3 is 2.60 bits per heavy atom. The molecule has 0 bridgehead atoms. The molecule has 0 saturated carbocycles. The van der Waals surface area contributed by atoms with Gasteiger partial charge in [0.05, 0.1) is 5.21 Å². The summed E-state index contributed by atoms with van der Waals surface area (Å²) in [5.74, 6) is -0.192. The van der Waals surface area contributed by atoms with Crippen molar-refractivity contribution in [1.29, 1.82) is 0 Å². The summed E-state index contributed by atoms with van der Waals surface area (Å²) in [4.78, 5) is 9.56. The van der Waals surface area contributed by atoms with Crippen LogP contribution in [0.1, 0.15) is 0 Å². The molecule has 0 radical (unpaired) electrons. The van der Waals surface area contributed by atoms with Gasteiger partial charge in [-0.1, -0.05) is 0 Å². The number of aromatic nitrogens is 3. The van der Waals surface area contributed by atoms with E-state index in [9.17, 15) is 10.1 Å². The zero-order chi connectivity index (χ0) is 7.72. The second-order valence-electron chi connectivity index (χ2n) is 1.58. The summed E-state index contributed by atoms with van der Waals surface area (Å²) in [7, 11) is 1.60. The Hall–Kier alpha value is -0.730. The van der Waals surface area contributed by atoms with Crippen molar-refractivity contribution in [1.82, 2.24) is 15.0 Å². The molecule has 0 aliphatic heterocycles. The van der Waals surface area contributed by atoms with Crippen LogP contribution in [0.25, 0.3) is 0 Å². The molecule has 0 saturated heterocycles. The second kappa shape index (κ2) is 2.48. The van der Waals surface area contributed by atoms with E-state index in [1.807, 2.05) is 22.6 Å². The zero-order valence-corrected chi connectivity index (χ0v) is 7.14. The highest BCUT2D eigenvalue weighted by atomic mass is 127. The average molecular weight is 254 g/mol. The van der Waals surface area contributed by atoms with Gasteiger partial charge < -0.3 is 10.1 Å². The molecule has 0 N–H and O–H groups in total. The summed E-state index contributed by atoms with van der Waals surface area (Å²) in [6.07, 6.45) is 0. The van der Waals surface area contributed by atoms with Gasteiger partial charge in [-0.15, -0.1) is 0 Å². The fourth-order valence-corrected chi connectivity index (χ4v) is 0.848. The molecule has 7 heteroatoms. The molecule has 1 rings (SSSR count). The third-order valence-electron chi connectivity index (χ3n) is 0.915. The molecule has 0 spiro atoms. The van der Waals surface area contributed by atoms with Gasteiger partial charge in [-0.3, -0.25) is 0 Å². The molecule has 0 aliphatic carbocycles. The standard InChI is InChI=1S/C3H3IN4O2/c1-7-2(4)3(5-6-7)8(9)10/h1H3. The molecule has 0 aliphatic rings. The van der Waals surface area contributed by atoms with Crippen LogP contribution in [0, 0.1) is 13.8 Å². The molecule has 0 amide bonds. The summed E-state index contributed by atoms with van der Waals surface area (Å²) in [6, 6.07) is 0. The number of nitrogens with zero attached hydrogens (tertiary/aromatic N) is 4. The number of hydrogen-bond donors (Lipinski definition) is 0. The molecule has 1 aromatic heterocycles. The fraction of sp³-hybridized carbons (Fsp3) is 0.333. The van der Waals surface area contributed by atoms with E-state index in [2.05, 4.69) is 10.3 Å². The zero-order valence-electron chi connectivity index (χ0n) is 4.98. The van der Waals surface area contributed by atoms with E-state index in [4.69, 9.17) is 0 Å². The van der Waals surface area contributed by atoms with E-state index in [1.54, 1.807) is 7.05 Å². The third kappa shape index (κ3) is 1.08. The molecular weight excluding hydrogens is 251 g/mol. The number of nitro groups is 1. The van der Waals surface area contributed by atoms with Gasteiger partial charge in [0.15, 0.2) is 0 Å². The summed E-state index contributed by atoms with van der Waals surface area (Å²) >= 11 is 1.81. The van der Waals surface area contributed by atoms with Crippen LogP contribution in [0.3, 0.4) is 0 Å². The summed E-state index contributed by atoms with van der Waals surface area (Å²) in [6.45, 7) is 0. The Kier molecular flexibility index (Phi) is 1.83. The van der Waals surface area contributed by atoms with Gasteiger partial charge >= 0.3 is 5.82 Å². The van der Waals surface area contributed by atoms with Gasteiger partial charge in [0, 0.05) is 7.05 Å². The van der Waals surface area contributed by atoms with Gasteiger partial charge in [-0.2, -0.15) is 0 Å². The molecule has 1 heterocycles. The Labute approximate surface area is 69.5 Å². The third-order valence-corrected chi connectivity index (χ3v) is 2.10. The van der Waals surface area contributed by atoms with Gasteiger partial charge in [-0.25, -0.2) is 4.68 Å². The van der Waals surface area contributed by atoms with Crippen molar-refractivity contribution in [2.24, 2.45) is 7.05 Å². The van der Waals surface area contributed by atoms with Crippen molar-refractivity contribution in [3.05, 3.63) is 13.8 Å². The first-order valence-electron chi connectivity index (χ1n) is 2.32. The van der Waals surface area contributed by atoms with Crippen LogP contribution in [0.15, 0.2) is 0 Å². The van der Waals surface area contributed by atoms with Crippen LogP contribution in [-0.4, -0.2) is 19.9 Å². The van der Waals surface area contributed by atoms with Gasteiger partial charge in [0.25, 0.3) is 0 Å².